The first kappa shape index (κ1) is 16.6. The predicted molar refractivity (Wildman–Crippen MR) is 93.4 cm³/mol. The Kier molecular flexibility index (Phi) is 5.03. The van der Waals surface area contributed by atoms with E-state index in [1.54, 1.807) is 22.9 Å². The lowest BCUT2D eigenvalue weighted by Gasteiger charge is -2.06. The number of aromatic nitrogens is 3. The SMILES string of the molecule is O=C(CCC(=O)c1cccnc1)NCCn1c(=O)[nH]c2ccccc21. The zero-order chi connectivity index (χ0) is 17.6. The molecule has 3 aromatic rings. The summed E-state index contributed by atoms with van der Waals surface area (Å²) in [7, 11) is 0. The lowest BCUT2D eigenvalue weighted by atomic mass is 10.1. The first-order chi connectivity index (χ1) is 12.1. The largest absolute Gasteiger partial charge is 0.354 e. The fourth-order valence-corrected chi connectivity index (χ4v) is 2.62. The van der Waals surface area contributed by atoms with E-state index < -0.39 is 0 Å². The molecule has 0 aliphatic rings. The van der Waals surface area contributed by atoms with Gasteiger partial charge in [0.2, 0.25) is 5.91 Å². The van der Waals surface area contributed by atoms with Crippen molar-refractivity contribution in [3.8, 4) is 0 Å². The number of H-pyrrole nitrogens is 1. The van der Waals surface area contributed by atoms with Gasteiger partial charge in [0, 0.05) is 43.9 Å². The number of carbonyl (C=O) groups excluding carboxylic acids is 2. The number of para-hydroxylation sites is 2. The van der Waals surface area contributed by atoms with Gasteiger partial charge in [-0.2, -0.15) is 0 Å². The van der Waals surface area contributed by atoms with Gasteiger partial charge < -0.3 is 10.3 Å². The normalized spacial score (nSPS) is 10.7. The number of nitrogens with one attached hydrogen (secondary N) is 2. The Hall–Kier alpha value is -3.22. The van der Waals surface area contributed by atoms with Crippen LogP contribution < -0.4 is 11.0 Å². The molecular weight excluding hydrogens is 320 g/mol. The summed E-state index contributed by atoms with van der Waals surface area (Å²) in [6, 6.07) is 10.7. The van der Waals surface area contributed by atoms with Crippen LogP contribution in [0.15, 0.2) is 53.6 Å². The molecule has 7 heteroatoms. The molecule has 0 atom stereocenters. The molecule has 7 nitrogen and oxygen atoms in total. The summed E-state index contributed by atoms with van der Waals surface area (Å²) in [5, 5.41) is 2.74. The van der Waals surface area contributed by atoms with Crippen molar-refractivity contribution in [3.05, 3.63) is 64.8 Å². The predicted octanol–water partition coefficient (Wildman–Crippen LogP) is 1.50. The minimum atomic E-state index is -0.217. The third kappa shape index (κ3) is 4.00. The number of hydrogen-bond acceptors (Lipinski definition) is 4. The van der Waals surface area contributed by atoms with Crippen LogP contribution in [0.2, 0.25) is 0 Å². The average molecular weight is 338 g/mol. The highest BCUT2D eigenvalue weighted by atomic mass is 16.2. The first-order valence-corrected chi connectivity index (χ1v) is 8.02. The van der Waals surface area contributed by atoms with E-state index in [0.717, 1.165) is 11.0 Å². The molecule has 1 amide bonds. The molecule has 0 saturated carbocycles. The summed E-state index contributed by atoms with van der Waals surface area (Å²) in [6.45, 7) is 0.687. The van der Waals surface area contributed by atoms with E-state index >= 15 is 0 Å². The standard InChI is InChI=1S/C18H18N4O3/c23-16(13-4-3-9-19-12-13)7-8-17(24)20-10-11-22-15-6-2-1-5-14(15)21-18(22)25/h1-6,9,12H,7-8,10-11H2,(H,20,24)(H,21,25). The third-order valence-electron chi connectivity index (χ3n) is 3.90. The molecule has 2 heterocycles. The third-order valence-corrected chi connectivity index (χ3v) is 3.90. The molecule has 2 aromatic heterocycles. The molecule has 3 rings (SSSR count). The molecule has 0 saturated heterocycles. The number of nitrogens with zero attached hydrogens (tertiary/aromatic N) is 2. The van der Waals surface area contributed by atoms with E-state index in [0.29, 0.717) is 18.7 Å². The lowest BCUT2D eigenvalue weighted by Crippen LogP contribution is -2.30. The topological polar surface area (TPSA) is 96.8 Å². The number of rotatable bonds is 7. The van der Waals surface area contributed by atoms with Gasteiger partial charge in [-0.25, -0.2) is 4.79 Å². The summed E-state index contributed by atoms with van der Waals surface area (Å²) in [5.74, 6) is -0.332. The van der Waals surface area contributed by atoms with Crippen molar-refractivity contribution in [2.45, 2.75) is 19.4 Å². The van der Waals surface area contributed by atoms with E-state index in [1.807, 2.05) is 24.3 Å². The zero-order valence-corrected chi connectivity index (χ0v) is 13.6. The minimum absolute atomic E-state index is 0.108. The van der Waals surface area contributed by atoms with Gasteiger partial charge in [-0.1, -0.05) is 12.1 Å². The number of amides is 1. The molecule has 25 heavy (non-hydrogen) atoms. The van der Waals surface area contributed by atoms with Gasteiger partial charge in [-0.3, -0.25) is 19.1 Å². The van der Waals surface area contributed by atoms with Gasteiger partial charge in [0.1, 0.15) is 0 Å². The number of imidazole rings is 1. The maximum Gasteiger partial charge on any atom is 0.326 e. The van der Waals surface area contributed by atoms with Crippen molar-refractivity contribution in [2.24, 2.45) is 0 Å². The van der Waals surface area contributed by atoms with E-state index in [1.165, 1.54) is 6.20 Å². The van der Waals surface area contributed by atoms with Gasteiger partial charge in [-0.15, -0.1) is 0 Å². The van der Waals surface area contributed by atoms with Crippen LogP contribution in [0.4, 0.5) is 0 Å². The number of pyridine rings is 1. The summed E-state index contributed by atoms with van der Waals surface area (Å²) in [6.07, 6.45) is 3.32. The fourth-order valence-electron chi connectivity index (χ4n) is 2.62. The van der Waals surface area contributed by atoms with Crippen LogP contribution in [0, 0.1) is 0 Å². The smallest absolute Gasteiger partial charge is 0.326 e. The van der Waals surface area contributed by atoms with Crippen LogP contribution in [0.25, 0.3) is 11.0 Å². The van der Waals surface area contributed by atoms with Crippen molar-refractivity contribution in [1.29, 1.82) is 0 Å². The Balaban J connectivity index is 1.49. The molecule has 128 valence electrons. The average Bonchev–Trinajstić information content (AvgIpc) is 2.96. The quantitative estimate of drug-likeness (QED) is 0.638. The minimum Gasteiger partial charge on any atom is -0.354 e. The second-order valence-corrected chi connectivity index (χ2v) is 5.61. The second-order valence-electron chi connectivity index (χ2n) is 5.61. The summed E-state index contributed by atoms with van der Waals surface area (Å²) >= 11 is 0. The Morgan fingerprint density at radius 3 is 2.76 bits per heavy atom. The molecule has 0 unspecified atom stereocenters. The highest BCUT2D eigenvalue weighted by Crippen LogP contribution is 2.08. The highest BCUT2D eigenvalue weighted by Gasteiger charge is 2.10. The lowest BCUT2D eigenvalue weighted by molar-refractivity contribution is -0.121. The fraction of sp³-hybridized carbons (Fsp3) is 0.222. The molecule has 1 aromatic carbocycles. The monoisotopic (exact) mass is 338 g/mol. The number of fused-ring (bicyclic) bond motifs is 1. The number of ketones is 1. The molecule has 0 bridgehead atoms. The van der Waals surface area contributed by atoms with E-state index in [-0.39, 0.29) is 30.2 Å². The van der Waals surface area contributed by atoms with Gasteiger partial charge in [-0.05, 0) is 24.3 Å². The molecule has 0 spiro atoms. The second kappa shape index (κ2) is 7.57. The number of Topliss-reactive ketones (excluding diaryl/α,β-unsaturated/α-hetero) is 1. The summed E-state index contributed by atoms with van der Waals surface area (Å²) < 4.78 is 1.58. The van der Waals surface area contributed by atoms with Gasteiger partial charge in [0.05, 0.1) is 11.0 Å². The van der Waals surface area contributed by atoms with Gasteiger partial charge in [0.15, 0.2) is 5.78 Å². The molecule has 2 N–H and O–H groups in total. The van der Waals surface area contributed by atoms with Gasteiger partial charge >= 0.3 is 5.69 Å². The van der Waals surface area contributed by atoms with Gasteiger partial charge in [0.25, 0.3) is 0 Å². The highest BCUT2D eigenvalue weighted by molar-refractivity contribution is 5.97. The number of aromatic amines is 1. The maximum absolute atomic E-state index is 11.9. The Morgan fingerprint density at radius 1 is 1.12 bits per heavy atom. The molecule has 0 radical (unpaired) electrons. The molecular formula is C18H18N4O3. The first-order valence-electron chi connectivity index (χ1n) is 8.02. The van der Waals surface area contributed by atoms with Crippen molar-refractivity contribution < 1.29 is 9.59 Å². The van der Waals surface area contributed by atoms with E-state index in [9.17, 15) is 14.4 Å². The van der Waals surface area contributed by atoms with Crippen LogP contribution in [-0.4, -0.2) is 32.8 Å². The Morgan fingerprint density at radius 2 is 1.96 bits per heavy atom. The number of carbonyl (C=O) groups is 2. The van der Waals surface area contributed by atoms with Crippen LogP contribution in [0.5, 0.6) is 0 Å². The number of benzene rings is 1. The van der Waals surface area contributed by atoms with E-state index in [4.69, 9.17) is 0 Å². The van der Waals surface area contributed by atoms with Crippen LogP contribution in [-0.2, 0) is 11.3 Å². The van der Waals surface area contributed by atoms with Crippen molar-refractivity contribution in [1.82, 2.24) is 19.9 Å². The Labute approximate surface area is 143 Å². The van der Waals surface area contributed by atoms with Crippen molar-refractivity contribution >= 4 is 22.7 Å². The zero-order valence-electron chi connectivity index (χ0n) is 13.6. The van der Waals surface area contributed by atoms with E-state index in [2.05, 4.69) is 15.3 Å². The van der Waals surface area contributed by atoms with Crippen LogP contribution >= 0.6 is 0 Å². The summed E-state index contributed by atoms with van der Waals surface area (Å²) in [4.78, 5) is 42.4. The maximum atomic E-state index is 11.9. The van der Waals surface area contributed by atoms with Crippen molar-refractivity contribution in [2.75, 3.05) is 6.54 Å². The number of hydrogen-bond donors (Lipinski definition) is 2. The van der Waals surface area contributed by atoms with Crippen LogP contribution in [0.1, 0.15) is 23.2 Å². The van der Waals surface area contributed by atoms with Crippen LogP contribution in [0.3, 0.4) is 0 Å². The molecule has 0 aliphatic carbocycles. The molecule has 0 aliphatic heterocycles. The van der Waals surface area contributed by atoms with Crippen molar-refractivity contribution in [3.63, 3.8) is 0 Å². The Bertz CT molecular complexity index is 944. The molecule has 0 fully saturated rings. The summed E-state index contributed by atoms with van der Waals surface area (Å²) in [5.41, 5.74) is 1.86.